The second-order valence-electron chi connectivity index (χ2n) is 5.16. The summed E-state index contributed by atoms with van der Waals surface area (Å²) in [6.07, 6.45) is 0. The molecule has 0 aliphatic heterocycles. The first kappa shape index (κ1) is 15.0. The number of benzene rings is 2. The average molecular weight is 310 g/mol. The van der Waals surface area contributed by atoms with E-state index in [0.717, 1.165) is 16.8 Å². The van der Waals surface area contributed by atoms with Crippen molar-refractivity contribution in [2.24, 2.45) is 0 Å². The number of carbonyl (C=O) groups is 1. The molecule has 118 valence electrons. The lowest BCUT2D eigenvalue weighted by molar-refractivity contribution is 0.0956. The molecular weight excluding hydrogens is 292 g/mol. The van der Waals surface area contributed by atoms with Crippen LogP contribution in [0.2, 0.25) is 0 Å². The number of fused-ring (bicyclic) bond motifs is 1. The molecule has 0 bridgehead atoms. The van der Waals surface area contributed by atoms with Crippen molar-refractivity contribution in [1.82, 2.24) is 20.3 Å². The van der Waals surface area contributed by atoms with Gasteiger partial charge >= 0.3 is 0 Å². The fourth-order valence-electron chi connectivity index (χ4n) is 2.44. The Bertz CT molecular complexity index is 841. The topological polar surface area (TPSA) is 69.0 Å². The highest BCUT2D eigenvalue weighted by Crippen LogP contribution is 2.17. The third-order valence-corrected chi connectivity index (χ3v) is 3.58. The number of nitrogens with zero attached hydrogens (tertiary/aromatic N) is 3. The summed E-state index contributed by atoms with van der Waals surface area (Å²) >= 11 is 0. The van der Waals surface area contributed by atoms with Gasteiger partial charge < -0.3 is 10.1 Å². The number of methoxy groups -OCH3 is 1. The standard InChI is InChI=1S/C17H18N4O2/c1-3-18-17(22)13-7-8-16-15(10-13)19-20-21(16)11-12-5-4-6-14(9-12)23-2/h4-10H,3,11H2,1-2H3,(H,18,22). The lowest BCUT2D eigenvalue weighted by Gasteiger charge is -2.06. The van der Waals surface area contributed by atoms with Crippen LogP contribution in [0.5, 0.6) is 5.75 Å². The van der Waals surface area contributed by atoms with E-state index in [1.165, 1.54) is 0 Å². The molecule has 1 aromatic heterocycles. The SMILES string of the molecule is CCNC(=O)c1ccc2c(c1)nnn2Cc1cccc(OC)c1. The highest BCUT2D eigenvalue weighted by atomic mass is 16.5. The van der Waals surface area contributed by atoms with Crippen LogP contribution in [-0.2, 0) is 6.54 Å². The Morgan fingerprint density at radius 1 is 1.26 bits per heavy atom. The molecule has 0 atom stereocenters. The number of nitrogens with one attached hydrogen (secondary N) is 1. The first-order valence-corrected chi connectivity index (χ1v) is 7.45. The highest BCUT2D eigenvalue weighted by Gasteiger charge is 2.10. The van der Waals surface area contributed by atoms with Gasteiger partial charge in [-0.15, -0.1) is 5.10 Å². The first-order chi connectivity index (χ1) is 11.2. The second-order valence-corrected chi connectivity index (χ2v) is 5.16. The van der Waals surface area contributed by atoms with Gasteiger partial charge in [0.25, 0.3) is 5.91 Å². The molecule has 3 rings (SSSR count). The molecule has 0 aliphatic rings. The first-order valence-electron chi connectivity index (χ1n) is 7.45. The largest absolute Gasteiger partial charge is 0.497 e. The molecule has 6 nitrogen and oxygen atoms in total. The molecule has 3 aromatic rings. The van der Waals surface area contributed by atoms with Gasteiger partial charge in [-0.2, -0.15) is 0 Å². The maximum absolute atomic E-state index is 11.9. The monoisotopic (exact) mass is 310 g/mol. The van der Waals surface area contributed by atoms with Crippen LogP contribution in [0.1, 0.15) is 22.8 Å². The predicted molar refractivity (Wildman–Crippen MR) is 87.6 cm³/mol. The number of amides is 1. The van der Waals surface area contributed by atoms with Crippen LogP contribution in [0.25, 0.3) is 11.0 Å². The summed E-state index contributed by atoms with van der Waals surface area (Å²) in [6.45, 7) is 3.08. The van der Waals surface area contributed by atoms with Crippen molar-refractivity contribution in [2.45, 2.75) is 13.5 Å². The number of carbonyl (C=O) groups excluding carboxylic acids is 1. The van der Waals surface area contributed by atoms with E-state index < -0.39 is 0 Å². The predicted octanol–water partition coefficient (Wildman–Crippen LogP) is 2.24. The molecule has 0 saturated heterocycles. The van der Waals surface area contributed by atoms with E-state index in [9.17, 15) is 4.79 Å². The van der Waals surface area contributed by atoms with E-state index in [-0.39, 0.29) is 5.91 Å². The number of hydrogen-bond acceptors (Lipinski definition) is 4. The van der Waals surface area contributed by atoms with Gasteiger partial charge in [-0.3, -0.25) is 4.79 Å². The lowest BCUT2D eigenvalue weighted by atomic mass is 10.1. The summed E-state index contributed by atoms with van der Waals surface area (Å²) < 4.78 is 7.05. The minimum atomic E-state index is -0.100. The van der Waals surface area contributed by atoms with Gasteiger partial charge in [0.15, 0.2) is 0 Å². The normalized spacial score (nSPS) is 10.7. The van der Waals surface area contributed by atoms with Gasteiger partial charge in [-0.25, -0.2) is 4.68 Å². The van der Waals surface area contributed by atoms with E-state index >= 15 is 0 Å². The van der Waals surface area contributed by atoms with E-state index in [2.05, 4.69) is 15.6 Å². The van der Waals surface area contributed by atoms with Gasteiger partial charge in [0.2, 0.25) is 0 Å². The zero-order valence-electron chi connectivity index (χ0n) is 13.1. The van der Waals surface area contributed by atoms with Gasteiger partial charge in [0.1, 0.15) is 11.3 Å². The maximum Gasteiger partial charge on any atom is 0.251 e. The van der Waals surface area contributed by atoms with Crippen molar-refractivity contribution < 1.29 is 9.53 Å². The Labute approximate surface area is 134 Å². The van der Waals surface area contributed by atoms with Crippen LogP contribution in [0.3, 0.4) is 0 Å². The van der Waals surface area contributed by atoms with Gasteiger partial charge in [0, 0.05) is 12.1 Å². The van der Waals surface area contributed by atoms with Crippen LogP contribution in [0, 0.1) is 0 Å². The van der Waals surface area contributed by atoms with Crippen molar-refractivity contribution in [3.8, 4) is 5.75 Å². The molecule has 1 heterocycles. The van der Waals surface area contributed by atoms with Crippen molar-refractivity contribution in [1.29, 1.82) is 0 Å². The van der Waals surface area contributed by atoms with Gasteiger partial charge in [-0.05, 0) is 42.8 Å². The summed E-state index contributed by atoms with van der Waals surface area (Å²) in [4.78, 5) is 11.9. The zero-order valence-corrected chi connectivity index (χ0v) is 13.1. The Morgan fingerprint density at radius 2 is 2.13 bits per heavy atom. The molecule has 0 saturated carbocycles. The molecule has 1 N–H and O–H groups in total. The Hall–Kier alpha value is -2.89. The van der Waals surface area contributed by atoms with Gasteiger partial charge in [-0.1, -0.05) is 17.3 Å². The van der Waals surface area contributed by atoms with Crippen LogP contribution >= 0.6 is 0 Å². The lowest BCUT2D eigenvalue weighted by Crippen LogP contribution is -2.22. The molecule has 2 aromatic carbocycles. The second kappa shape index (κ2) is 6.48. The Balaban J connectivity index is 1.89. The van der Waals surface area contributed by atoms with Crippen molar-refractivity contribution in [3.63, 3.8) is 0 Å². The minimum absolute atomic E-state index is 0.100. The number of aromatic nitrogens is 3. The molecule has 1 amide bonds. The molecule has 0 fully saturated rings. The smallest absolute Gasteiger partial charge is 0.251 e. The molecule has 0 aliphatic carbocycles. The van der Waals surface area contributed by atoms with E-state index in [0.29, 0.717) is 24.2 Å². The zero-order chi connectivity index (χ0) is 16.2. The van der Waals surface area contributed by atoms with E-state index in [1.807, 2.05) is 41.9 Å². The molecule has 0 spiro atoms. The summed E-state index contributed by atoms with van der Waals surface area (Å²) in [7, 11) is 1.65. The van der Waals surface area contributed by atoms with Crippen LogP contribution in [0.4, 0.5) is 0 Å². The van der Waals surface area contributed by atoms with Crippen LogP contribution in [-0.4, -0.2) is 34.6 Å². The third-order valence-electron chi connectivity index (χ3n) is 3.58. The number of hydrogen-bond donors (Lipinski definition) is 1. The molecule has 0 radical (unpaired) electrons. The number of rotatable bonds is 5. The van der Waals surface area contributed by atoms with Crippen molar-refractivity contribution >= 4 is 16.9 Å². The molecule has 6 heteroatoms. The minimum Gasteiger partial charge on any atom is -0.497 e. The van der Waals surface area contributed by atoms with Crippen LogP contribution < -0.4 is 10.1 Å². The third kappa shape index (κ3) is 3.15. The summed E-state index contributed by atoms with van der Waals surface area (Å²) in [5.74, 6) is 0.710. The van der Waals surface area contributed by atoms with E-state index in [4.69, 9.17) is 4.74 Å². The fourth-order valence-corrected chi connectivity index (χ4v) is 2.44. The molecule has 0 unspecified atom stereocenters. The molecular formula is C17H18N4O2. The Kier molecular flexibility index (Phi) is 4.23. The van der Waals surface area contributed by atoms with Crippen molar-refractivity contribution in [2.75, 3.05) is 13.7 Å². The Morgan fingerprint density at radius 3 is 2.91 bits per heavy atom. The summed E-state index contributed by atoms with van der Waals surface area (Å²) in [5.41, 5.74) is 3.26. The van der Waals surface area contributed by atoms with Gasteiger partial charge in [0.05, 0.1) is 19.2 Å². The molecule has 23 heavy (non-hydrogen) atoms. The number of ether oxygens (including phenoxy) is 1. The van der Waals surface area contributed by atoms with Crippen molar-refractivity contribution in [3.05, 3.63) is 53.6 Å². The average Bonchev–Trinajstić information content (AvgIpc) is 2.97. The summed E-state index contributed by atoms with van der Waals surface area (Å²) in [5, 5.41) is 11.1. The highest BCUT2D eigenvalue weighted by molar-refractivity contribution is 5.97. The maximum atomic E-state index is 11.9. The fraction of sp³-hybridized carbons (Fsp3) is 0.235. The quantitative estimate of drug-likeness (QED) is 0.784. The van der Waals surface area contributed by atoms with E-state index in [1.54, 1.807) is 19.2 Å². The summed E-state index contributed by atoms with van der Waals surface area (Å²) in [6, 6.07) is 13.3. The van der Waals surface area contributed by atoms with Crippen LogP contribution in [0.15, 0.2) is 42.5 Å².